The van der Waals surface area contributed by atoms with Crippen molar-refractivity contribution in [1.29, 1.82) is 0 Å². The number of hydrogen-bond acceptors (Lipinski definition) is 5. The van der Waals surface area contributed by atoms with Gasteiger partial charge in [0.15, 0.2) is 11.5 Å². The van der Waals surface area contributed by atoms with Crippen LogP contribution in [0.2, 0.25) is 0 Å². The predicted octanol–water partition coefficient (Wildman–Crippen LogP) is 3.54. The molecular formula is C22H28N2O4S. The second-order valence-corrected chi connectivity index (χ2v) is 8.08. The monoisotopic (exact) mass is 416 g/mol. The van der Waals surface area contributed by atoms with Gasteiger partial charge in [0.25, 0.3) is 5.91 Å². The van der Waals surface area contributed by atoms with Crippen molar-refractivity contribution in [3.05, 3.63) is 46.2 Å². The Bertz CT molecular complexity index is 837. The number of methoxy groups -OCH3 is 2. The fraction of sp³-hybridized carbons (Fsp3) is 0.455. The molecule has 0 radical (unpaired) electrons. The lowest BCUT2D eigenvalue weighted by atomic mass is 9.87. The van der Waals surface area contributed by atoms with Crippen molar-refractivity contribution in [3.8, 4) is 11.5 Å². The summed E-state index contributed by atoms with van der Waals surface area (Å²) < 4.78 is 11.1. The molecule has 1 N–H and O–H groups in total. The fourth-order valence-electron chi connectivity index (χ4n) is 3.83. The molecule has 2 unspecified atom stereocenters. The molecule has 2 atom stereocenters. The number of unbranched alkanes of at least 4 members (excludes halogenated alkanes) is 1. The number of thiophene rings is 1. The van der Waals surface area contributed by atoms with Crippen LogP contribution >= 0.6 is 11.3 Å². The number of benzene rings is 1. The van der Waals surface area contributed by atoms with Crippen molar-refractivity contribution in [1.82, 2.24) is 10.2 Å². The highest BCUT2D eigenvalue weighted by Gasteiger charge is 2.42. The average molecular weight is 417 g/mol. The van der Waals surface area contributed by atoms with Crippen LogP contribution in [-0.4, -0.2) is 50.6 Å². The minimum Gasteiger partial charge on any atom is -0.493 e. The maximum Gasteiger partial charge on any atom is 0.263 e. The molecular weight excluding hydrogens is 388 g/mol. The first kappa shape index (κ1) is 21.2. The quantitative estimate of drug-likeness (QED) is 0.669. The average Bonchev–Trinajstić information content (AvgIpc) is 3.43. The summed E-state index contributed by atoms with van der Waals surface area (Å²) in [4.78, 5) is 28.4. The first-order valence-corrected chi connectivity index (χ1v) is 10.8. The van der Waals surface area contributed by atoms with Gasteiger partial charge in [-0.15, -0.1) is 11.3 Å². The number of nitrogens with zero attached hydrogens (tertiary/aromatic N) is 1. The maximum absolute atomic E-state index is 13.0. The van der Waals surface area contributed by atoms with Gasteiger partial charge in [-0.05, 0) is 23.9 Å². The number of nitrogens with one attached hydrogen (secondary N) is 1. The SMILES string of the molecule is CCCCNC(=O)C1CN(C(=O)c2cccs2)CC1c1cccc(OC)c1OC. The molecule has 1 aromatic heterocycles. The van der Waals surface area contributed by atoms with Gasteiger partial charge in [0.2, 0.25) is 5.91 Å². The number of rotatable bonds is 8. The van der Waals surface area contributed by atoms with Crippen molar-refractivity contribution in [2.24, 2.45) is 5.92 Å². The third-order valence-electron chi connectivity index (χ3n) is 5.34. The van der Waals surface area contributed by atoms with Crippen LogP contribution in [0.1, 0.15) is 40.9 Å². The van der Waals surface area contributed by atoms with Gasteiger partial charge in [0, 0.05) is 31.1 Å². The Morgan fingerprint density at radius 3 is 2.66 bits per heavy atom. The minimum absolute atomic E-state index is 0.0187. The lowest BCUT2D eigenvalue weighted by Crippen LogP contribution is -2.36. The molecule has 156 valence electrons. The number of para-hydroxylation sites is 1. The fourth-order valence-corrected chi connectivity index (χ4v) is 4.52. The molecule has 3 rings (SSSR count). The predicted molar refractivity (Wildman–Crippen MR) is 114 cm³/mol. The minimum atomic E-state index is -0.336. The molecule has 1 saturated heterocycles. The molecule has 0 spiro atoms. The standard InChI is InChI=1S/C22H28N2O4S/c1-4-5-11-23-21(25)17-14-24(22(26)19-10-7-12-29-19)13-16(17)15-8-6-9-18(27-2)20(15)28-3/h6-10,12,16-17H,4-5,11,13-14H2,1-3H3,(H,23,25). The Balaban J connectivity index is 1.91. The van der Waals surface area contributed by atoms with Crippen LogP contribution in [0, 0.1) is 5.92 Å². The highest BCUT2D eigenvalue weighted by molar-refractivity contribution is 7.12. The lowest BCUT2D eigenvalue weighted by molar-refractivity contribution is -0.124. The van der Waals surface area contributed by atoms with Crippen molar-refractivity contribution in [3.63, 3.8) is 0 Å². The number of likely N-dealkylation sites (tertiary alicyclic amines) is 1. The van der Waals surface area contributed by atoms with Gasteiger partial charge < -0.3 is 19.7 Å². The first-order chi connectivity index (χ1) is 14.1. The van der Waals surface area contributed by atoms with E-state index in [9.17, 15) is 9.59 Å². The van der Waals surface area contributed by atoms with Crippen LogP contribution in [0.4, 0.5) is 0 Å². The highest BCUT2D eigenvalue weighted by atomic mass is 32.1. The van der Waals surface area contributed by atoms with Crippen molar-refractivity contribution in [2.45, 2.75) is 25.7 Å². The van der Waals surface area contributed by atoms with E-state index in [4.69, 9.17) is 9.47 Å². The van der Waals surface area contributed by atoms with E-state index in [0.29, 0.717) is 36.0 Å². The second-order valence-electron chi connectivity index (χ2n) is 7.13. The summed E-state index contributed by atoms with van der Waals surface area (Å²) in [7, 11) is 3.19. The Hall–Kier alpha value is -2.54. The zero-order chi connectivity index (χ0) is 20.8. The van der Waals surface area contributed by atoms with Crippen LogP contribution < -0.4 is 14.8 Å². The Labute approximate surface area is 175 Å². The lowest BCUT2D eigenvalue weighted by Gasteiger charge is -2.21. The number of carbonyl (C=O) groups is 2. The Morgan fingerprint density at radius 1 is 1.17 bits per heavy atom. The van der Waals surface area contributed by atoms with Gasteiger partial charge in [-0.3, -0.25) is 9.59 Å². The van der Waals surface area contributed by atoms with E-state index in [1.54, 1.807) is 19.1 Å². The summed E-state index contributed by atoms with van der Waals surface area (Å²) in [5, 5.41) is 4.93. The van der Waals surface area contributed by atoms with E-state index >= 15 is 0 Å². The number of ether oxygens (including phenoxy) is 2. The van der Waals surface area contributed by atoms with E-state index in [1.807, 2.05) is 35.7 Å². The zero-order valence-corrected chi connectivity index (χ0v) is 18.0. The Kier molecular flexibility index (Phi) is 7.14. The van der Waals surface area contributed by atoms with Crippen LogP contribution in [-0.2, 0) is 4.79 Å². The summed E-state index contributed by atoms with van der Waals surface area (Å²) in [6.07, 6.45) is 1.95. The maximum atomic E-state index is 13.0. The molecule has 0 bridgehead atoms. The van der Waals surface area contributed by atoms with Crippen LogP contribution in [0.3, 0.4) is 0 Å². The molecule has 2 amide bonds. The van der Waals surface area contributed by atoms with Crippen molar-refractivity contribution < 1.29 is 19.1 Å². The number of hydrogen-bond donors (Lipinski definition) is 1. The summed E-state index contributed by atoms with van der Waals surface area (Å²) in [5.41, 5.74) is 0.893. The van der Waals surface area contributed by atoms with Gasteiger partial charge in [0.05, 0.1) is 25.0 Å². The van der Waals surface area contributed by atoms with E-state index in [-0.39, 0.29) is 23.7 Å². The van der Waals surface area contributed by atoms with Crippen molar-refractivity contribution in [2.75, 3.05) is 33.9 Å². The van der Waals surface area contributed by atoms with Gasteiger partial charge in [-0.25, -0.2) is 0 Å². The molecule has 7 heteroatoms. The molecule has 6 nitrogen and oxygen atoms in total. The third-order valence-corrected chi connectivity index (χ3v) is 6.20. The second kappa shape index (κ2) is 9.78. The summed E-state index contributed by atoms with van der Waals surface area (Å²) in [5.74, 6) is 0.697. The number of carbonyl (C=O) groups excluding carboxylic acids is 2. The van der Waals surface area contributed by atoms with Crippen molar-refractivity contribution >= 4 is 23.2 Å². The van der Waals surface area contributed by atoms with E-state index in [2.05, 4.69) is 12.2 Å². The van der Waals surface area contributed by atoms with Crippen LogP contribution in [0.15, 0.2) is 35.7 Å². The zero-order valence-electron chi connectivity index (χ0n) is 17.1. The molecule has 1 fully saturated rings. The smallest absolute Gasteiger partial charge is 0.263 e. The largest absolute Gasteiger partial charge is 0.493 e. The molecule has 0 saturated carbocycles. The highest BCUT2D eigenvalue weighted by Crippen LogP contribution is 2.42. The van der Waals surface area contributed by atoms with Crippen LogP contribution in [0.25, 0.3) is 0 Å². The molecule has 2 heterocycles. The number of amides is 2. The van der Waals surface area contributed by atoms with Gasteiger partial charge >= 0.3 is 0 Å². The van der Waals surface area contributed by atoms with Gasteiger partial charge in [-0.2, -0.15) is 0 Å². The van der Waals surface area contributed by atoms with E-state index in [1.165, 1.54) is 11.3 Å². The third kappa shape index (κ3) is 4.56. The first-order valence-electron chi connectivity index (χ1n) is 9.92. The molecule has 1 aliphatic rings. The normalized spacial score (nSPS) is 18.5. The summed E-state index contributed by atoms with van der Waals surface area (Å²) >= 11 is 1.42. The van der Waals surface area contributed by atoms with E-state index < -0.39 is 0 Å². The molecule has 0 aliphatic carbocycles. The summed E-state index contributed by atoms with van der Waals surface area (Å²) in [6, 6.07) is 9.38. The molecule has 29 heavy (non-hydrogen) atoms. The van der Waals surface area contributed by atoms with E-state index in [0.717, 1.165) is 18.4 Å². The van der Waals surface area contributed by atoms with Gasteiger partial charge in [0.1, 0.15) is 0 Å². The van der Waals surface area contributed by atoms with Gasteiger partial charge in [-0.1, -0.05) is 31.5 Å². The Morgan fingerprint density at radius 2 is 2.00 bits per heavy atom. The molecule has 1 aliphatic heterocycles. The summed E-state index contributed by atoms with van der Waals surface area (Å²) in [6.45, 7) is 3.59. The topological polar surface area (TPSA) is 67.9 Å². The molecule has 1 aromatic carbocycles. The molecule has 2 aromatic rings. The van der Waals surface area contributed by atoms with Crippen LogP contribution in [0.5, 0.6) is 11.5 Å².